The molecular formula is C13H16BrNO3S. The van der Waals surface area contributed by atoms with Gasteiger partial charge in [0.05, 0.1) is 4.90 Å². The molecule has 2 rings (SSSR count). The second-order valence-corrected chi connectivity index (χ2v) is 7.54. The van der Waals surface area contributed by atoms with Crippen LogP contribution in [0, 0.1) is 12.8 Å². The smallest absolute Gasteiger partial charge is 0.266 e. The minimum Gasteiger partial charge on any atom is -0.274 e. The van der Waals surface area contributed by atoms with Crippen molar-refractivity contribution in [2.75, 3.05) is 6.54 Å². The minimum absolute atomic E-state index is 0.138. The normalized spacial score (nSPS) is 20.1. The molecule has 104 valence electrons. The molecule has 1 fully saturated rings. The second kappa shape index (κ2) is 5.25. The highest BCUT2D eigenvalue weighted by Gasteiger charge is 2.37. The fourth-order valence-corrected chi connectivity index (χ4v) is 3.98. The van der Waals surface area contributed by atoms with E-state index in [9.17, 15) is 13.2 Å². The van der Waals surface area contributed by atoms with Crippen LogP contribution in [0.5, 0.6) is 0 Å². The first-order valence-electron chi connectivity index (χ1n) is 6.18. The number of halogens is 1. The van der Waals surface area contributed by atoms with Gasteiger partial charge in [0.15, 0.2) is 0 Å². The SMILES string of the molecule is CCC1CC(=O)N(S(=O)(=O)c2ccc(Br)c(C)c2)C1. The van der Waals surface area contributed by atoms with Crippen LogP contribution in [0.2, 0.25) is 0 Å². The monoisotopic (exact) mass is 345 g/mol. The van der Waals surface area contributed by atoms with E-state index in [0.29, 0.717) is 13.0 Å². The van der Waals surface area contributed by atoms with E-state index in [-0.39, 0.29) is 16.7 Å². The van der Waals surface area contributed by atoms with Gasteiger partial charge in [-0.3, -0.25) is 4.79 Å². The second-order valence-electron chi connectivity index (χ2n) is 4.82. The molecule has 0 aromatic heterocycles. The van der Waals surface area contributed by atoms with E-state index in [1.54, 1.807) is 12.1 Å². The summed E-state index contributed by atoms with van der Waals surface area (Å²) in [5.41, 5.74) is 0.833. The van der Waals surface area contributed by atoms with Crippen LogP contribution in [0.15, 0.2) is 27.6 Å². The minimum atomic E-state index is -3.71. The van der Waals surface area contributed by atoms with Crippen LogP contribution in [0.25, 0.3) is 0 Å². The average Bonchev–Trinajstić information content (AvgIpc) is 2.74. The average molecular weight is 346 g/mol. The molecule has 19 heavy (non-hydrogen) atoms. The summed E-state index contributed by atoms with van der Waals surface area (Å²) in [6.45, 7) is 4.09. The topological polar surface area (TPSA) is 54.5 Å². The largest absolute Gasteiger partial charge is 0.274 e. The van der Waals surface area contributed by atoms with E-state index in [1.165, 1.54) is 6.07 Å². The lowest BCUT2D eigenvalue weighted by Gasteiger charge is -2.17. The lowest BCUT2D eigenvalue weighted by Crippen LogP contribution is -2.32. The molecular weight excluding hydrogens is 330 g/mol. The molecule has 1 amide bonds. The maximum atomic E-state index is 12.5. The maximum Gasteiger partial charge on any atom is 0.266 e. The van der Waals surface area contributed by atoms with Gasteiger partial charge in [0, 0.05) is 17.4 Å². The number of hydrogen-bond donors (Lipinski definition) is 0. The molecule has 0 N–H and O–H groups in total. The predicted molar refractivity (Wildman–Crippen MR) is 76.2 cm³/mol. The van der Waals surface area contributed by atoms with Crippen molar-refractivity contribution < 1.29 is 13.2 Å². The number of carbonyl (C=O) groups excluding carboxylic acids is 1. The van der Waals surface area contributed by atoms with E-state index in [4.69, 9.17) is 0 Å². The predicted octanol–water partition coefficient (Wildman–Crippen LogP) is 2.70. The van der Waals surface area contributed by atoms with Crippen LogP contribution in [-0.4, -0.2) is 25.2 Å². The van der Waals surface area contributed by atoms with Crippen LogP contribution in [0.1, 0.15) is 25.3 Å². The molecule has 1 aliphatic rings. The van der Waals surface area contributed by atoms with Crippen molar-refractivity contribution >= 4 is 31.9 Å². The Morgan fingerprint density at radius 3 is 2.63 bits per heavy atom. The summed E-state index contributed by atoms with van der Waals surface area (Å²) < 4.78 is 26.8. The molecule has 0 spiro atoms. The van der Waals surface area contributed by atoms with Crippen LogP contribution in [-0.2, 0) is 14.8 Å². The van der Waals surface area contributed by atoms with Crippen LogP contribution < -0.4 is 0 Å². The Hall–Kier alpha value is -0.880. The summed E-state index contributed by atoms with van der Waals surface area (Å²) in [4.78, 5) is 12.0. The van der Waals surface area contributed by atoms with Gasteiger partial charge in [0.1, 0.15) is 0 Å². The fraction of sp³-hybridized carbons (Fsp3) is 0.462. The van der Waals surface area contributed by atoms with Gasteiger partial charge in [-0.25, -0.2) is 12.7 Å². The first-order chi connectivity index (χ1) is 8.86. The fourth-order valence-electron chi connectivity index (χ4n) is 2.16. The van der Waals surface area contributed by atoms with E-state index >= 15 is 0 Å². The zero-order valence-corrected chi connectivity index (χ0v) is 13.3. The standard InChI is InChI=1S/C13H16BrNO3S/c1-3-10-7-13(16)15(8-10)19(17,18)11-4-5-12(14)9(2)6-11/h4-6,10H,3,7-8H2,1-2H3. The number of amides is 1. The summed E-state index contributed by atoms with van der Waals surface area (Å²) in [6, 6.07) is 4.81. The van der Waals surface area contributed by atoms with Crippen LogP contribution in [0.3, 0.4) is 0 Å². The van der Waals surface area contributed by atoms with E-state index in [1.807, 2.05) is 13.8 Å². The molecule has 1 saturated heterocycles. The molecule has 1 aromatic carbocycles. The molecule has 0 bridgehead atoms. The molecule has 1 aromatic rings. The molecule has 4 nitrogen and oxygen atoms in total. The number of benzene rings is 1. The van der Waals surface area contributed by atoms with Gasteiger partial charge in [-0.05, 0) is 36.6 Å². The third-order valence-electron chi connectivity index (χ3n) is 3.46. The Morgan fingerprint density at radius 1 is 1.42 bits per heavy atom. The molecule has 1 unspecified atom stereocenters. The third-order valence-corrected chi connectivity index (χ3v) is 6.13. The molecule has 0 aliphatic carbocycles. The molecule has 1 aliphatic heterocycles. The van der Waals surface area contributed by atoms with Crippen molar-refractivity contribution in [2.45, 2.75) is 31.6 Å². The van der Waals surface area contributed by atoms with Crippen molar-refractivity contribution in [1.29, 1.82) is 0 Å². The van der Waals surface area contributed by atoms with Crippen molar-refractivity contribution in [1.82, 2.24) is 4.31 Å². The molecule has 0 saturated carbocycles. The van der Waals surface area contributed by atoms with Crippen molar-refractivity contribution in [3.05, 3.63) is 28.2 Å². The third kappa shape index (κ3) is 2.69. The van der Waals surface area contributed by atoms with Crippen LogP contribution >= 0.6 is 15.9 Å². The zero-order valence-electron chi connectivity index (χ0n) is 10.9. The Balaban J connectivity index is 2.37. The Morgan fingerprint density at radius 2 is 2.11 bits per heavy atom. The van der Waals surface area contributed by atoms with E-state index in [2.05, 4.69) is 15.9 Å². The van der Waals surface area contributed by atoms with Crippen LogP contribution in [0.4, 0.5) is 0 Å². The Labute approximate surface area is 122 Å². The molecule has 1 heterocycles. The number of sulfonamides is 1. The summed E-state index contributed by atoms with van der Waals surface area (Å²) in [6.07, 6.45) is 1.14. The first-order valence-corrected chi connectivity index (χ1v) is 8.41. The van der Waals surface area contributed by atoms with Gasteiger partial charge in [0.25, 0.3) is 10.0 Å². The summed E-state index contributed by atoms with van der Waals surface area (Å²) >= 11 is 3.34. The van der Waals surface area contributed by atoms with Gasteiger partial charge in [0.2, 0.25) is 5.91 Å². The van der Waals surface area contributed by atoms with Gasteiger partial charge in [-0.2, -0.15) is 0 Å². The highest BCUT2D eigenvalue weighted by molar-refractivity contribution is 9.10. The number of nitrogens with zero attached hydrogens (tertiary/aromatic N) is 1. The summed E-state index contributed by atoms with van der Waals surface area (Å²) in [5, 5.41) is 0. The first kappa shape index (κ1) is 14.5. The maximum absolute atomic E-state index is 12.5. The summed E-state index contributed by atoms with van der Waals surface area (Å²) in [7, 11) is -3.71. The lowest BCUT2D eigenvalue weighted by atomic mass is 10.1. The molecule has 1 atom stereocenters. The van der Waals surface area contributed by atoms with E-state index in [0.717, 1.165) is 20.8 Å². The van der Waals surface area contributed by atoms with Gasteiger partial charge in [-0.15, -0.1) is 0 Å². The van der Waals surface area contributed by atoms with Gasteiger partial charge in [-0.1, -0.05) is 29.3 Å². The Kier molecular flexibility index (Phi) is 4.01. The van der Waals surface area contributed by atoms with Crippen molar-refractivity contribution in [3.8, 4) is 0 Å². The van der Waals surface area contributed by atoms with Crippen molar-refractivity contribution in [2.24, 2.45) is 5.92 Å². The number of hydrogen-bond acceptors (Lipinski definition) is 3. The number of carbonyl (C=O) groups is 1. The van der Waals surface area contributed by atoms with E-state index < -0.39 is 10.0 Å². The van der Waals surface area contributed by atoms with Gasteiger partial charge < -0.3 is 0 Å². The number of aryl methyl sites for hydroxylation is 1. The molecule has 0 radical (unpaired) electrons. The quantitative estimate of drug-likeness (QED) is 0.846. The van der Waals surface area contributed by atoms with Crippen molar-refractivity contribution in [3.63, 3.8) is 0 Å². The summed E-state index contributed by atoms with van der Waals surface area (Å²) in [5.74, 6) is -0.161. The zero-order chi connectivity index (χ0) is 14.2. The van der Waals surface area contributed by atoms with Gasteiger partial charge >= 0.3 is 0 Å². The highest BCUT2D eigenvalue weighted by atomic mass is 79.9. The highest BCUT2D eigenvalue weighted by Crippen LogP contribution is 2.28. The lowest BCUT2D eigenvalue weighted by molar-refractivity contribution is -0.123. The Bertz CT molecular complexity index is 612. The number of rotatable bonds is 3. The molecule has 6 heteroatoms.